The Morgan fingerprint density at radius 3 is 2.88 bits per heavy atom. The molecule has 0 aliphatic heterocycles. The molecule has 16 heavy (non-hydrogen) atoms. The molecule has 0 aliphatic carbocycles. The van der Waals surface area contributed by atoms with Crippen LogP contribution in [-0.2, 0) is 6.42 Å². The minimum absolute atomic E-state index is 0.337. The van der Waals surface area contributed by atoms with Crippen LogP contribution in [0.25, 0.3) is 10.8 Å². The summed E-state index contributed by atoms with van der Waals surface area (Å²) < 4.78 is 5.15. The minimum atomic E-state index is -0.454. The summed E-state index contributed by atoms with van der Waals surface area (Å²) in [4.78, 5) is 11.6. The summed E-state index contributed by atoms with van der Waals surface area (Å²) in [5, 5.41) is 11.0. The van der Waals surface area contributed by atoms with Crippen LogP contribution in [0.3, 0.4) is 0 Å². The highest BCUT2D eigenvalue weighted by molar-refractivity contribution is 5.81. The van der Waals surface area contributed by atoms with Gasteiger partial charge in [0, 0.05) is 6.42 Å². The maximum atomic E-state index is 11.6. The van der Waals surface area contributed by atoms with Crippen LogP contribution in [0.4, 0.5) is 0 Å². The van der Waals surface area contributed by atoms with E-state index in [9.17, 15) is 9.90 Å². The van der Waals surface area contributed by atoms with Gasteiger partial charge in [0.15, 0.2) is 0 Å². The topological polar surface area (TPSA) is 50.4 Å². The number of aliphatic hydroxyl groups is 1. The number of fused-ring (bicyclic) bond motifs is 1. The third kappa shape index (κ3) is 2.14. The van der Waals surface area contributed by atoms with Crippen molar-refractivity contribution in [3.8, 4) is 0 Å². The van der Waals surface area contributed by atoms with Gasteiger partial charge in [-0.2, -0.15) is 0 Å². The van der Waals surface area contributed by atoms with E-state index >= 15 is 0 Å². The van der Waals surface area contributed by atoms with E-state index in [2.05, 4.69) is 0 Å². The van der Waals surface area contributed by atoms with Crippen molar-refractivity contribution in [3.63, 3.8) is 0 Å². The van der Waals surface area contributed by atoms with Gasteiger partial charge in [0.05, 0.1) is 11.5 Å². The molecule has 0 saturated heterocycles. The monoisotopic (exact) mass is 218 g/mol. The van der Waals surface area contributed by atoms with Crippen molar-refractivity contribution in [2.75, 3.05) is 0 Å². The van der Waals surface area contributed by atoms with E-state index < -0.39 is 6.10 Å². The fraction of sp³-hybridized carbons (Fsp3) is 0.308. The highest BCUT2D eigenvalue weighted by Gasteiger charge is 2.08. The first-order valence-corrected chi connectivity index (χ1v) is 5.40. The molecular formula is C13H14O3. The van der Waals surface area contributed by atoms with Gasteiger partial charge in [0.25, 0.3) is 0 Å². The first kappa shape index (κ1) is 10.9. The Morgan fingerprint density at radius 1 is 1.38 bits per heavy atom. The Labute approximate surface area is 93.3 Å². The van der Waals surface area contributed by atoms with E-state index in [1.165, 1.54) is 0 Å². The van der Waals surface area contributed by atoms with Gasteiger partial charge in [0.1, 0.15) is 5.76 Å². The van der Waals surface area contributed by atoms with Crippen LogP contribution in [0.15, 0.2) is 39.5 Å². The van der Waals surface area contributed by atoms with Gasteiger partial charge in [0.2, 0.25) is 0 Å². The second kappa shape index (κ2) is 4.49. The zero-order valence-corrected chi connectivity index (χ0v) is 9.14. The SMILES string of the molecule is CC[C@H](O)Cc1cc2ccccc2c(=O)o1. The average molecular weight is 218 g/mol. The molecule has 2 aromatic rings. The molecule has 0 spiro atoms. The Balaban J connectivity index is 2.46. The Kier molecular flexibility index (Phi) is 3.06. The maximum Gasteiger partial charge on any atom is 0.343 e. The van der Waals surface area contributed by atoms with Crippen molar-refractivity contribution >= 4 is 10.8 Å². The zero-order valence-electron chi connectivity index (χ0n) is 9.14. The van der Waals surface area contributed by atoms with Crippen molar-refractivity contribution in [1.29, 1.82) is 0 Å². The van der Waals surface area contributed by atoms with Gasteiger partial charge < -0.3 is 9.52 Å². The molecule has 0 aliphatic rings. The predicted molar refractivity (Wildman–Crippen MR) is 62.5 cm³/mol. The summed E-state index contributed by atoms with van der Waals surface area (Å²) in [6.07, 6.45) is 0.580. The summed E-state index contributed by atoms with van der Waals surface area (Å²) in [6.45, 7) is 1.89. The van der Waals surface area contributed by atoms with Crippen molar-refractivity contribution in [2.24, 2.45) is 0 Å². The highest BCUT2D eigenvalue weighted by atomic mass is 16.4. The van der Waals surface area contributed by atoms with E-state index in [1.807, 2.05) is 25.1 Å². The van der Waals surface area contributed by atoms with Crippen molar-refractivity contribution < 1.29 is 9.52 Å². The van der Waals surface area contributed by atoms with Crippen LogP contribution >= 0.6 is 0 Å². The Hall–Kier alpha value is -1.61. The van der Waals surface area contributed by atoms with Gasteiger partial charge in [-0.1, -0.05) is 25.1 Å². The summed E-state index contributed by atoms with van der Waals surface area (Å²) in [5.41, 5.74) is -0.337. The number of hydrogen-bond acceptors (Lipinski definition) is 3. The summed E-state index contributed by atoms with van der Waals surface area (Å²) in [5.74, 6) is 0.540. The van der Waals surface area contributed by atoms with Crippen LogP contribution in [0.5, 0.6) is 0 Å². The van der Waals surface area contributed by atoms with Crippen LogP contribution in [-0.4, -0.2) is 11.2 Å². The summed E-state index contributed by atoms with van der Waals surface area (Å²) >= 11 is 0. The first-order valence-electron chi connectivity index (χ1n) is 5.40. The molecule has 1 atom stereocenters. The number of rotatable bonds is 3. The van der Waals surface area contributed by atoms with Crippen molar-refractivity contribution in [1.82, 2.24) is 0 Å². The van der Waals surface area contributed by atoms with E-state index in [1.54, 1.807) is 12.1 Å². The van der Waals surface area contributed by atoms with Crippen LogP contribution in [0, 0.1) is 0 Å². The third-order valence-corrected chi connectivity index (χ3v) is 2.63. The number of benzene rings is 1. The Bertz CT molecular complexity index is 542. The molecule has 3 heteroatoms. The van der Waals surface area contributed by atoms with Crippen molar-refractivity contribution in [3.05, 3.63) is 46.5 Å². The fourth-order valence-electron chi connectivity index (χ4n) is 1.66. The van der Waals surface area contributed by atoms with Crippen molar-refractivity contribution in [2.45, 2.75) is 25.9 Å². The maximum absolute atomic E-state index is 11.6. The molecule has 0 saturated carbocycles. The summed E-state index contributed by atoms with van der Waals surface area (Å²) in [6, 6.07) is 9.10. The molecule has 1 aromatic heterocycles. The lowest BCUT2D eigenvalue weighted by atomic mass is 10.1. The lowest BCUT2D eigenvalue weighted by molar-refractivity contribution is 0.162. The van der Waals surface area contributed by atoms with Gasteiger partial charge in [-0.05, 0) is 23.9 Å². The lowest BCUT2D eigenvalue weighted by Crippen LogP contribution is -2.11. The van der Waals surface area contributed by atoms with E-state index in [0.717, 1.165) is 5.39 Å². The van der Waals surface area contributed by atoms with Gasteiger partial charge in [-0.25, -0.2) is 4.79 Å². The molecule has 0 unspecified atom stereocenters. The van der Waals surface area contributed by atoms with Gasteiger partial charge in [-0.15, -0.1) is 0 Å². The molecule has 1 N–H and O–H groups in total. The molecule has 0 bridgehead atoms. The normalized spacial score (nSPS) is 12.9. The smallest absolute Gasteiger partial charge is 0.343 e. The minimum Gasteiger partial charge on any atom is -0.427 e. The fourth-order valence-corrected chi connectivity index (χ4v) is 1.66. The molecule has 0 amide bonds. The predicted octanol–water partition coefficient (Wildman–Crippen LogP) is 2.11. The molecule has 2 rings (SSSR count). The number of aliphatic hydroxyl groups excluding tert-OH is 1. The molecule has 1 aromatic carbocycles. The average Bonchev–Trinajstić information content (AvgIpc) is 2.29. The van der Waals surface area contributed by atoms with E-state index in [4.69, 9.17) is 4.42 Å². The largest absolute Gasteiger partial charge is 0.427 e. The zero-order chi connectivity index (χ0) is 11.5. The van der Waals surface area contributed by atoms with E-state index in [0.29, 0.717) is 24.0 Å². The van der Waals surface area contributed by atoms with Gasteiger partial charge >= 0.3 is 5.63 Å². The second-order valence-electron chi connectivity index (χ2n) is 3.85. The van der Waals surface area contributed by atoms with Crippen LogP contribution < -0.4 is 5.63 Å². The highest BCUT2D eigenvalue weighted by Crippen LogP contribution is 2.13. The molecule has 3 nitrogen and oxygen atoms in total. The van der Waals surface area contributed by atoms with Crippen LogP contribution in [0.1, 0.15) is 19.1 Å². The van der Waals surface area contributed by atoms with E-state index in [-0.39, 0.29) is 5.63 Å². The molecular weight excluding hydrogens is 204 g/mol. The second-order valence-corrected chi connectivity index (χ2v) is 3.85. The third-order valence-electron chi connectivity index (χ3n) is 2.63. The Morgan fingerprint density at radius 2 is 2.12 bits per heavy atom. The summed E-state index contributed by atoms with van der Waals surface area (Å²) in [7, 11) is 0. The van der Waals surface area contributed by atoms with Crippen LogP contribution in [0.2, 0.25) is 0 Å². The molecule has 1 heterocycles. The molecule has 0 fully saturated rings. The quantitative estimate of drug-likeness (QED) is 0.858. The molecule has 0 radical (unpaired) electrons. The molecule has 84 valence electrons. The number of hydrogen-bond donors (Lipinski definition) is 1. The standard InChI is InChI=1S/C13H14O3/c1-2-10(14)8-11-7-9-5-3-4-6-12(9)13(15)16-11/h3-7,10,14H,2,8H2,1H3/t10-/m0/s1. The van der Waals surface area contributed by atoms with Gasteiger partial charge in [-0.3, -0.25) is 0 Å². The first-order chi connectivity index (χ1) is 7.70. The lowest BCUT2D eigenvalue weighted by Gasteiger charge is -2.06.